The molecular weight excluding hydrogens is 326 g/mol. The summed E-state index contributed by atoms with van der Waals surface area (Å²) in [5.74, 6) is 0.714. The molecule has 1 N–H and O–H groups in total. The van der Waals surface area contributed by atoms with Crippen LogP contribution in [0, 0.1) is 0 Å². The summed E-state index contributed by atoms with van der Waals surface area (Å²) in [6.07, 6.45) is 3.28. The fraction of sp³-hybridized carbons (Fsp3) is 0.471. The Labute approximate surface area is 145 Å². The molecule has 1 saturated heterocycles. The number of phenols is 1. The standard InChI is InChI=1S/C17H21N3O3S/c1-11-6-5-7-12(2)20(11)15(22)10-24-17-19-18-16(23-17)13-8-3-4-9-14(13)21/h3-4,8-9,11-12,21H,5-7,10H2,1-2H3. The van der Waals surface area contributed by atoms with Crippen LogP contribution in [0.3, 0.4) is 0 Å². The monoisotopic (exact) mass is 347 g/mol. The van der Waals surface area contributed by atoms with Gasteiger partial charge >= 0.3 is 0 Å². The van der Waals surface area contributed by atoms with Crippen LogP contribution >= 0.6 is 11.8 Å². The number of nitrogens with zero attached hydrogens (tertiary/aromatic N) is 3. The number of phenolic OH excluding ortho intramolecular Hbond substituents is 1. The van der Waals surface area contributed by atoms with E-state index in [1.165, 1.54) is 18.2 Å². The topological polar surface area (TPSA) is 79.5 Å². The number of likely N-dealkylation sites (tertiary alicyclic amines) is 1. The molecule has 128 valence electrons. The van der Waals surface area contributed by atoms with Crippen LogP contribution in [0.15, 0.2) is 33.9 Å². The number of aromatic hydroxyl groups is 1. The molecule has 1 aromatic heterocycles. The molecule has 7 heteroatoms. The second-order valence-electron chi connectivity index (χ2n) is 6.11. The van der Waals surface area contributed by atoms with E-state index in [-0.39, 0.29) is 35.4 Å². The Morgan fingerprint density at radius 1 is 1.29 bits per heavy atom. The lowest BCUT2D eigenvalue weighted by Crippen LogP contribution is -2.48. The quantitative estimate of drug-likeness (QED) is 0.855. The molecule has 2 aromatic rings. The van der Waals surface area contributed by atoms with Crippen LogP contribution in [-0.2, 0) is 4.79 Å². The Morgan fingerprint density at radius 2 is 2.00 bits per heavy atom. The van der Waals surface area contributed by atoms with Gasteiger partial charge in [0.1, 0.15) is 5.75 Å². The van der Waals surface area contributed by atoms with Gasteiger partial charge in [-0.25, -0.2) is 0 Å². The van der Waals surface area contributed by atoms with Crippen LogP contribution < -0.4 is 0 Å². The van der Waals surface area contributed by atoms with Crippen molar-refractivity contribution in [1.29, 1.82) is 0 Å². The Bertz CT molecular complexity index is 709. The SMILES string of the molecule is CC1CCCC(C)N1C(=O)CSc1nnc(-c2ccccc2O)o1. The number of carbonyl (C=O) groups excluding carboxylic acids is 1. The minimum Gasteiger partial charge on any atom is -0.507 e. The molecule has 1 aromatic carbocycles. The summed E-state index contributed by atoms with van der Waals surface area (Å²) in [5.41, 5.74) is 0.487. The molecule has 24 heavy (non-hydrogen) atoms. The predicted octanol–water partition coefficient (Wildman–Crippen LogP) is 3.32. The maximum absolute atomic E-state index is 12.5. The Balaban J connectivity index is 1.63. The molecule has 0 radical (unpaired) electrons. The number of thioether (sulfide) groups is 1. The number of hydrogen-bond acceptors (Lipinski definition) is 6. The molecule has 6 nitrogen and oxygen atoms in total. The van der Waals surface area contributed by atoms with Crippen LogP contribution in [0.1, 0.15) is 33.1 Å². The average molecular weight is 347 g/mol. The van der Waals surface area contributed by atoms with Crippen LogP contribution in [0.2, 0.25) is 0 Å². The molecule has 1 aliphatic rings. The zero-order chi connectivity index (χ0) is 17.1. The van der Waals surface area contributed by atoms with Crippen molar-refractivity contribution < 1.29 is 14.3 Å². The summed E-state index contributed by atoms with van der Waals surface area (Å²) >= 11 is 1.23. The summed E-state index contributed by atoms with van der Waals surface area (Å²) < 4.78 is 5.55. The normalized spacial score (nSPS) is 21.0. The third-order valence-electron chi connectivity index (χ3n) is 4.34. The average Bonchev–Trinajstić information content (AvgIpc) is 3.02. The highest BCUT2D eigenvalue weighted by molar-refractivity contribution is 7.99. The van der Waals surface area contributed by atoms with Crippen molar-refractivity contribution in [2.45, 2.75) is 50.4 Å². The van der Waals surface area contributed by atoms with Crippen molar-refractivity contribution in [2.75, 3.05) is 5.75 Å². The largest absolute Gasteiger partial charge is 0.507 e. The fourth-order valence-corrected chi connectivity index (χ4v) is 3.77. The molecule has 3 rings (SSSR count). The lowest BCUT2D eigenvalue weighted by molar-refractivity contribution is -0.134. The summed E-state index contributed by atoms with van der Waals surface area (Å²) in [5, 5.41) is 18.1. The lowest BCUT2D eigenvalue weighted by atomic mass is 9.98. The zero-order valence-electron chi connectivity index (χ0n) is 13.8. The third kappa shape index (κ3) is 3.56. The molecule has 0 aliphatic carbocycles. The third-order valence-corrected chi connectivity index (χ3v) is 5.14. The molecule has 2 heterocycles. The molecular formula is C17H21N3O3S. The fourth-order valence-electron chi connectivity index (χ4n) is 3.14. The van der Waals surface area contributed by atoms with Gasteiger partial charge in [0.25, 0.3) is 11.1 Å². The van der Waals surface area contributed by atoms with E-state index in [0.717, 1.165) is 12.8 Å². The second kappa shape index (κ2) is 7.25. The van der Waals surface area contributed by atoms with Crippen LogP contribution in [-0.4, -0.2) is 43.9 Å². The lowest BCUT2D eigenvalue weighted by Gasteiger charge is -2.39. The molecule has 1 aliphatic heterocycles. The number of hydrogen-bond donors (Lipinski definition) is 1. The molecule has 1 fully saturated rings. The van der Waals surface area contributed by atoms with E-state index in [1.54, 1.807) is 24.3 Å². The van der Waals surface area contributed by atoms with E-state index < -0.39 is 0 Å². The van der Waals surface area contributed by atoms with Gasteiger partial charge < -0.3 is 14.4 Å². The van der Waals surface area contributed by atoms with Crippen molar-refractivity contribution in [3.05, 3.63) is 24.3 Å². The van der Waals surface area contributed by atoms with Crippen molar-refractivity contribution in [1.82, 2.24) is 15.1 Å². The molecule has 2 atom stereocenters. The Hall–Kier alpha value is -2.02. The van der Waals surface area contributed by atoms with E-state index in [0.29, 0.717) is 10.8 Å². The van der Waals surface area contributed by atoms with Crippen molar-refractivity contribution in [3.63, 3.8) is 0 Å². The van der Waals surface area contributed by atoms with Gasteiger partial charge in [-0.3, -0.25) is 4.79 Å². The highest BCUT2D eigenvalue weighted by Gasteiger charge is 2.29. The van der Waals surface area contributed by atoms with E-state index in [2.05, 4.69) is 24.0 Å². The maximum Gasteiger partial charge on any atom is 0.277 e. The number of carbonyl (C=O) groups is 1. The Kier molecular flexibility index (Phi) is 5.08. The van der Waals surface area contributed by atoms with Gasteiger partial charge in [0.2, 0.25) is 5.91 Å². The summed E-state index contributed by atoms with van der Waals surface area (Å²) in [7, 11) is 0. The molecule has 1 amide bonds. The smallest absolute Gasteiger partial charge is 0.277 e. The maximum atomic E-state index is 12.5. The number of piperidine rings is 1. The van der Waals surface area contributed by atoms with E-state index in [9.17, 15) is 9.90 Å². The summed E-state index contributed by atoms with van der Waals surface area (Å²) in [6, 6.07) is 7.34. The van der Waals surface area contributed by atoms with Crippen LogP contribution in [0.25, 0.3) is 11.5 Å². The predicted molar refractivity (Wildman–Crippen MR) is 91.7 cm³/mol. The van der Waals surface area contributed by atoms with Gasteiger partial charge in [0.15, 0.2) is 0 Å². The highest BCUT2D eigenvalue weighted by atomic mass is 32.2. The first kappa shape index (κ1) is 16.8. The van der Waals surface area contributed by atoms with Gasteiger partial charge in [-0.2, -0.15) is 0 Å². The van der Waals surface area contributed by atoms with E-state index in [4.69, 9.17) is 4.42 Å². The minimum absolute atomic E-state index is 0.0877. The van der Waals surface area contributed by atoms with Gasteiger partial charge in [-0.1, -0.05) is 23.9 Å². The molecule has 0 saturated carbocycles. The zero-order valence-corrected chi connectivity index (χ0v) is 14.6. The van der Waals surface area contributed by atoms with Crippen molar-refractivity contribution in [3.8, 4) is 17.2 Å². The van der Waals surface area contributed by atoms with E-state index >= 15 is 0 Å². The van der Waals surface area contributed by atoms with Crippen molar-refractivity contribution >= 4 is 17.7 Å². The molecule has 0 spiro atoms. The Morgan fingerprint density at radius 3 is 2.71 bits per heavy atom. The van der Waals surface area contributed by atoms with Gasteiger partial charge in [0, 0.05) is 12.1 Å². The summed E-state index contributed by atoms with van der Waals surface area (Å²) in [6.45, 7) is 4.20. The number of rotatable bonds is 4. The molecule has 2 unspecified atom stereocenters. The first-order valence-electron chi connectivity index (χ1n) is 8.12. The highest BCUT2D eigenvalue weighted by Crippen LogP contribution is 2.30. The first-order valence-corrected chi connectivity index (χ1v) is 9.10. The summed E-state index contributed by atoms with van der Waals surface area (Å²) in [4.78, 5) is 14.5. The number of para-hydroxylation sites is 1. The minimum atomic E-state index is 0.0877. The number of amides is 1. The van der Waals surface area contributed by atoms with Gasteiger partial charge in [-0.05, 0) is 45.2 Å². The first-order chi connectivity index (χ1) is 11.6. The van der Waals surface area contributed by atoms with E-state index in [1.807, 2.05) is 4.90 Å². The van der Waals surface area contributed by atoms with Gasteiger partial charge in [-0.15, -0.1) is 10.2 Å². The van der Waals surface area contributed by atoms with Crippen LogP contribution in [0.5, 0.6) is 5.75 Å². The second-order valence-corrected chi connectivity index (χ2v) is 7.04. The van der Waals surface area contributed by atoms with Crippen molar-refractivity contribution in [2.24, 2.45) is 0 Å². The van der Waals surface area contributed by atoms with Crippen LogP contribution in [0.4, 0.5) is 0 Å². The van der Waals surface area contributed by atoms with Gasteiger partial charge in [0.05, 0.1) is 11.3 Å². The number of aromatic nitrogens is 2. The number of benzene rings is 1. The molecule has 0 bridgehead atoms.